The Bertz CT molecular complexity index is 140. The van der Waals surface area contributed by atoms with E-state index in [0.717, 1.165) is 13.2 Å². The Morgan fingerprint density at radius 2 is 1.80 bits per heavy atom. The van der Waals surface area contributed by atoms with Crippen molar-refractivity contribution in [2.45, 2.75) is 71.9 Å². The lowest BCUT2D eigenvalue weighted by molar-refractivity contribution is 0.0588. The fourth-order valence-corrected chi connectivity index (χ4v) is 1.32. The van der Waals surface area contributed by atoms with Crippen molar-refractivity contribution in [2.24, 2.45) is 0 Å². The van der Waals surface area contributed by atoms with E-state index in [1.54, 1.807) is 0 Å². The first kappa shape index (κ1) is 14.9. The summed E-state index contributed by atoms with van der Waals surface area (Å²) in [4.78, 5) is 0. The monoisotopic (exact) mass is 215 g/mol. The average Bonchev–Trinajstić information content (AvgIpc) is 2.13. The highest BCUT2D eigenvalue weighted by Gasteiger charge is 2.10. The Balaban J connectivity index is 3.30. The van der Waals surface area contributed by atoms with Crippen LogP contribution in [0.4, 0.5) is 0 Å². The van der Waals surface area contributed by atoms with Gasteiger partial charge in [-0.15, -0.1) is 0 Å². The summed E-state index contributed by atoms with van der Waals surface area (Å²) in [7, 11) is 0. The zero-order valence-electron chi connectivity index (χ0n) is 11.2. The lowest BCUT2D eigenvalue weighted by Crippen LogP contribution is -2.40. The highest BCUT2D eigenvalue weighted by atomic mass is 16.5. The van der Waals surface area contributed by atoms with Crippen molar-refractivity contribution in [1.82, 2.24) is 5.32 Å². The number of hydrogen-bond acceptors (Lipinski definition) is 2. The first-order chi connectivity index (χ1) is 6.95. The van der Waals surface area contributed by atoms with Gasteiger partial charge in [0.05, 0.1) is 6.10 Å². The molecular weight excluding hydrogens is 186 g/mol. The third-order valence-electron chi connectivity index (χ3n) is 2.32. The van der Waals surface area contributed by atoms with E-state index in [1.807, 2.05) is 0 Å². The van der Waals surface area contributed by atoms with Crippen LogP contribution in [0.1, 0.15) is 60.3 Å². The van der Waals surface area contributed by atoms with E-state index in [2.05, 4.69) is 39.9 Å². The second-order valence-corrected chi connectivity index (χ2v) is 5.37. The predicted molar refractivity (Wildman–Crippen MR) is 67.3 cm³/mol. The lowest BCUT2D eigenvalue weighted by Gasteiger charge is -2.23. The molecule has 0 rings (SSSR count). The molecule has 0 aliphatic rings. The van der Waals surface area contributed by atoms with E-state index >= 15 is 0 Å². The summed E-state index contributed by atoms with van der Waals surface area (Å²) in [6, 6.07) is 0. The van der Waals surface area contributed by atoms with Crippen molar-refractivity contribution in [3.05, 3.63) is 0 Å². The third kappa shape index (κ3) is 11.8. The molecule has 0 bridgehead atoms. The summed E-state index contributed by atoms with van der Waals surface area (Å²) >= 11 is 0. The molecular formula is C13H29NO. The highest BCUT2D eigenvalue weighted by Crippen LogP contribution is 2.02. The Hall–Kier alpha value is -0.0800. The molecule has 0 spiro atoms. The number of rotatable bonds is 8. The molecule has 0 saturated heterocycles. The van der Waals surface area contributed by atoms with E-state index < -0.39 is 0 Å². The van der Waals surface area contributed by atoms with Gasteiger partial charge in [0.2, 0.25) is 0 Å². The molecule has 0 aromatic heterocycles. The van der Waals surface area contributed by atoms with Gasteiger partial charge in [0.25, 0.3) is 0 Å². The summed E-state index contributed by atoms with van der Waals surface area (Å²) in [5.41, 5.74) is 0.194. The fourth-order valence-electron chi connectivity index (χ4n) is 1.32. The van der Waals surface area contributed by atoms with Gasteiger partial charge in [-0.1, -0.05) is 26.2 Å². The molecule has 0 aromatic carbocycles. The number of nitrogens with one attached hydrogen (secondary N) is 1. The maximum absolute atomic E-state index is 5.72. The van der Waals surface area contributed by atoms with Crippen LogP contribution in [-0.2, 0) is 4.74 Å². The average molecular weight is 215 g/mol. The minimum atomic E-state index is 0.194. The minimum Gasteiger partial charge on any atom is -0.377 e. The van der Waals surface area contributed by atoms with Crippen LogP contribution < -0.4 is 5.32 Å². The summed E-state index contributed by atoms with van der Waals surface area (Å²) in [6.07, 6.45) is 5.45. The van der Waals surface area contributed by atoms with Gasteiger partial charge in [-0.3, -0.25) is 0 Å². The van der Waals surface area contributed by atoms with Gasteiger partial charge in [-0.05, 0) is 34.1 Å². The smallest absolute Gasteiger partial charge is 0.0671 e. The summed E-state index contributed by atoms with van der Waals surface area (Å²) in [5, 5.41) is 3.45. The van der Waals surface area contributed by atoms with Gasteiger partial charge in [-0.25, -0.2) is 0 Å². The Kier molecular flexibility index (Phi) is 8.07. The predicted octanol–water partition coefficient (Wildman–Crippen LogP) is 3.36. The molecule has 15 heavy (non-hydrogen) atoms. The Morgan fingerprint density at radius 3 is 2.33 bits per heavy atom. The Morgan fingerprint density at radius 1 is 1.13 bits per heavy atom. The van der Waals surface area contributed by atoms with Crippen molar-refractivity contribution < 1.29 is 4.74 Å². The number of unbranched alkanes of at least 4 members (excludes halogenated alkanes) is 3. The van der Waals surface area contributed by atoms with Gasteiger partial charge in [-0.2, -0.15) is 0 Å². The van der Waals surface area contributed by atoms with Gasteiger partial charge >= 0.3 is 0 Å². The van der Waals surface area contributed by atoms with Gasteiger partial charge in [0, 0.05) is 18.7 Å². The number of hydrogen-bond donors (Lipinski definition) is 1. The fraction of sp³-hybridized carbons (Fsp3) is 1.00. The van der Waals surface area contributed by atoms with Crippen LogP contribution >= 0.6 is 0 Å². The Labute approximate surface area is 95.8 Å². The minimum absolute atomic E-state index is 0.194. The topological polar surface area (TPSA) is 21.3 Å². The number of ether oxygens (including phenoxy) is 1. The quantitative estimate of drug-likeness (QED) is 0.627. The normalized spacial score (nSPS) is 14.2. The first-order valence-electron chi connectivity index (χ1n) is 6.32. The van der Waals surface area contributed by atoms with E-state index in [9.17, 15) is 0 Å². The molecule has 0 aromatic rings. The summed E-state index contributed by atoms with van der Waals surface area (Å²) < 4.78 is 5.72. The van der Waals surface area contributed by atoms with E-state index in [0.29, 0.717) is 6.10 Å². The van der Waals surface area contributed by atoms with Crippen LogP contribution in [-0.4, -0.2) is 24.8 Å². The maximum atomic E-state index is 5.72. The highest BCUT2D eigenvalue weighted by molar-refractivity contribution is 4.71. The molecule has 0 heterocycles. The molecule has 2 nitrogen and oxygen atoms in total. The molecule has 1 atom stereocenters. The molecule has 0 aliphatic carbocycles. The molecule has 92 valence electrons. The van der Waals surface area contributed by atoms with Crippen LogP contribution in [0.25, 0.3) is 0 Å². The van der Waals surface area contributed by atoms with Crippen LogP contribution in [0.2, 0.25) is 0 Å². The van der Waals surface area contributed by atoms with Gasteiger partial charge in [0.15, 0.2) is 0 Å². The summed E-state index contributed by atoms with van der Waals surface area (Å²) in [5.74, 6) is 0. The van der Waals surface area contributed by atoms with Crippen molar-refractivity contribution in [3.63, 3.8) is 0 Å². The zero-order valence-corrected chi connectivity index (χ0v) is 11.2. The van der Waals surface area contributed by atoms with E-state index in [1.165, 1.54) is 25.7 Å². The van der Waals surface area contributed by atoms with Crippen LogP contribution in [0.5, 0.6) is 0 Å². The van der Waals surface area contributed by atoms with Gasteiger partial charge < -0.3 is 10.1 Å². The maximum Gasteiger partial charge on any atom is 0.0671 e. The van der Waals surface area contributed by atoms with Crippen molar-refractivity contribution >= 4 is 0 Å². The molecule has 1 N–H and O–H groups in total. The largest absolute Gasteiger partial charge is 0.377 e. The molecule has 0 radical (unpaired) electrons. The molecule has 0 amide bonds. The SMILES string of the molecule is CCCCCCOC(C)CNC(C)(C)C. The molecule has 0 fully saturated rings. The summed E-state index contributed by atoms with van der Waals surface area (Å²) in [6.45, 7) is 12.8. The zero-order chi connectivity index (χ0) is 11.7. The van der Waals surface area contributed by atoms with Crippen molar-refractivity contribution in [1.29, 1.82) is 0 Å². The second kappa shape index (κ2) is 8.12. The second-order valence-electron chi connectivity index (χ2n) is 5.37. The third-order valence-corrected chi connectivity index (χ3v) is 2.32. The van der Waals surface area contributed by atoms with Crippen LogP contribution in [0, 0.1) is 0 Å². The van der Waals surface area contributed by atoms with Crippen LogP contribution in [0.3, 0.4) is 0 Å². The van der Waals surface area contributed by atoms with Crippen molar-refractivity contribution in [2.75, 3.05) is 13.2 Å². The van der Waals surface area contributed by atoms with Crippen molar-refractivity contribution in [3.8, 4) is 0 Å². The van der Waals surface area contributed by atoms with Gasteiger partial charge in [0.1, 0.15) is 0 Å². The van der Waals surface area contributed by atoms with E-state index in [-0.39, 0.29) is 5.54 Å². The molecule has 0 aliphatic heterocycles. The van der Waals surface area contributed by atoms with E-state index in [4.69, 9.17) is 4.74 Å². The van der Waals surface area contributed by atoms with Crippen LogP contribution in [0.15, 0.2) is 0 Å². The first-order valence-corrected chi connectivity index (χ1v) is 6.32. The molecule has 2 heteroatoms. The standard InChI is InChI=1S/C13H29NO/c1-6-7-8-9-10-15-12(2)11-14-13(3,4)5/h12,14H,6-11H2,1-5H3. The molecule has 0 saturated carbocycles. The lowest BCUT2D eigenvalue weighted by atomic mass is 10.1. The molecule has 1 unspecified atom stereocenters.